The Balaban J connectivity index is 2.29. The van der Waals surface area contributed by atoms with Crippen molar-refractivity contribution in [1.29, 1.82) is 0 Å². The zero-order valence-corrected chi connectivity index (χ0v) is 11.0. The Morgan fingerprint density at radius 2 is 2.18 bits per heavy atom. The van der Waals surface area contributed by atoms with Gasteiger partial charge in [-0.25, -0.2) is 0 Å². The molecule has 0 aliphatic carbocycles. The molecule has 0 saturated carbocycles. The van der Waals surface area contributed by atoms with Crippen LogP contribution in [0.4, 0.5) is 13.2 Å². The van der Waals surface area contributed by atoms with Gasteiger partial charge in [-0.15, -0.1) is 0 Å². The van der Waals surface area contributed by atoms with E-state index < -0.39 is 12.6 Å². The molecule has 1 fully saturated rings. The quantitative estimate of drug-likeness (QED) is 0.790. The van der Waals surface area contributed by atoms with Crippen molar-refractivity contribution in [2.75, 3.05) is 12.3 Å². The fourth-order valence-corrected chi connectivity index (χ4v) is 2.59. The zero-order valence-electron chi connectivity index (χ0n) is 10.2. The van der Waals surface area contributed by atoms with E-state index in [0.29, 0.717) is 12.0 Å². The first-order chi connectivity index (χ1) is 7.88. The molecular formula is C11H19F3N2S. The maximum atomic E-state index is 11.9. The van der Waals surface area contributed by atoms with Gasteiger partial charge in [0, 0.05) is 24.8 Å². The predicted octanol–water partition coefficient (Wildman–Crippen LogP) is 3.44. The lowest BCUT2D eigenvalue weighted by Gasteiger charge is -2.28. The van der Waals surface area contributed by atoms with Gasteiger partial charge in [-0.05, 0) is 18.8 Å². The first kappa shape index (κ1) is 14.7. The van der Waals surface area contributed by atoms with Gasteiger partial charge >= 0.3 is 6.18 Å². The molecule has 1 aliphatic heterocycles. The van der Waals surface area contributed by atoms with Crippen LogP contribution in [0.15, 0.2) is 4.99 Å². The molecule has 0 aromatic rings. The normalized spacial score (nSPS) is 24.1. The molecule has 1 atom stereocenters. The van der Waals surface area contributed by atoms with E-state index in [1.807, 2.05) is 0 Å². The highest BCUT2D eigenvalue weighted by atomic mass is 32.2. The molecule has 1 N–H and O–H groups in total. The number of halogens is 3. The first-order valence-electron chi connectivity index (χ1n) is 5.89. The fourth-order valence-electron chi connectivity index (χ4n) is 1.61. The van der Waals surface area contributed by atoms with Crippen LogP contribution in [-0.4, -0.2) is 29.7 Å². The lowest BCUT2D eigenvalue weighted by molar-refractivity contribution is -0.134. The Bertz CT molecular complexity index is 264. The van der Waals surface area contributed by atoms with Crippen molar-refractivity contribution >= 4 is 16.9 Å². The first-order valence-corrected chi connectivity index (χ1v) is 6.87. The van der Waals surface area contributed by atoms with Crippen LogP contribution in [0.1, 0.15) is 33.1 Å². The lowest BCUT2D eigenvalue weighted by Crippen LogP contribution is -2.41. The molecule has 2 nitrogen and oxygen atoms in total. The van der Waals surface area contributed by atoms with Crippen molar-refractivity contribution in [3.05, 3.63) is 0 Å². The minimum atomic E-state index is -4.06. The Kier molecular flexibility index (Phi) is 5.62. The van der Waals surface area contributed by atoms with Crippen LogP contribution in [0, 0.1) is 5.92 Å². The Morgan fingerprint density at radius 1 is 1.47 bits per heavy atom. The molecule has 1 saturated heterocycles. The number of nitrogens with zero attached hydrogens (tertiary/aromatic N) is 1. The van der Waals surface area contributed by atoms with Gasteiger partial charge in [-0.1, -0.05) is 25.6 Å². The summed E-state index contributed by atoms with van der Waals surface area (Å²) in [5, 5.41) is 4.09. The van der Waals surface area contributed by atoms with Gasteiger partial charge in [-0.2, -0.15) is 13.2 Å². The van der Waals surface area contributed by atoms with E-state index in [0.717, 1.165) is 17.3 Å². The van der Waals surface area contributed by atoms with E-state index in [4.69, 9.17) is 0 Å². The van der Waals surface area contributed by atoms with E-state index in [1.165, 1.54) is 0 Å². The standard InChI is InChI=1S/C11H19F3N2S/c1-8(2)9-4-7-17-10(16-9)15-6-3-5-11(12,13)14/h8-9H,3-7H2,1-2H3,(H,15,16). The molecule has 1 rings (SSSR count). The third-order valence-electron chi connectivity index (χ3n) is 2.66. The average molecular weight is 268 g/mol. The SMILES string of the molecule is CC(C)C1CCSC(=NCCCC(F)(F)F)N1. The van der Waals surface area contributed by atoms with Crippen LogP contribution in [0.2, 0.25) is 0 Å². The number of alkyl halides is 3. The minimum Gasteiger partial charge on any atom is -0.362 e. The summed E-state index contributed by atoms with van der Waals surface area (Å²) in [6.07, 6.45) is -3.65. The highest BCUT2D eigenvalue weighted by Gasteiger charge is 2.26. The Morgan fingerprint density at radius 3 is 2.76 bits per heavy atom. The molecule has 1 aliphatic rings. The molecule has 0 spiro atoms. The predicted molar refractivity (Wildman–Crippen MR) is 66.4 cm³/mol. The van der Waals surface area contributed by atoms with Crippen molar-refractivity contribution in [3.63, 3.8) is 0 Å². The van der Waals surface area contributed by atoms with Gasteiger partial charge < -0.3 is 5.32 Å². The number of rotatable bonds is 4. The fraction of sp³-hybridized carbons (Fsp3) is 0.909. The van der Waals surface area contributed by atoms with E-state index in [2.05, 4.69) is 24.2 Å². The summed E-state index contributed by atoms with van der Waals surface area (Å²) in [5.41, 5.74) is 0. The number of thioether (sulfide) groups is 1. The molecule has 0 bridgehead atoms. The summed E-state index contributed by atoms with van der Waals surface area (Å²) in [6, 6.07) is 0.401. The van der Waals surface area contributed by atoms with Crippen molar-refractivity contribution < 1.29 is 13.2 Å². The van der Waals surface area contributed by atoms with Crippen molar-refractivity contribution in [2.45, 2.75) is 45.3 Å². The zero-order chi connectivity index (χ0) is 12.9. The van der Waals surface area contributed by atoms with Gasteiger partial charge in [0.2, 0.25) is 0 Å². The second-order valence-electron chi connectivity index (χ2n) is 4.54. The second kappa shape index (κ2) is 6.52. The highest BCUT2D eigenvalue weighted by Crippen LogP contribution is 2.22. The topological polar surface area (TPSA) is 24.4 Å². The molecule has 1 unspecified atom stereocenters. The van der Waals surface area contributed by atoms with Gasteiger partial charge in [0.05, 0.1) is 0 Å². The molecule has 17 heavy (non-hydrogen) atoms. The van der Waals surface area contributed by atoms with Crippen LogP contribution in [-0.2, 0) is 0 Å². The largest absolute Gasteiger partial charge is 0.389 e. The molecular weight excluding hydrogens is 249 g/mol. The van der Waals surface area contributed by atoms with Crippen molar-refractivity contribution in [1.82, 2.24) is 5.32 Å². The molecule has 6 heteroatoms. The molecule has 1 heterocycles. The summed E-state index contributed by atoms with van der Waals surface area (Å²) >= 11 is 1.60. The van der Waals surface area contributed by atoms with E-state index in [-0.39, 0.29) is 13.0 Å². The van der Waals surface area contributed by atoms with Crippen LogP contribution in [0.3, 0.4) is 0 Å². The second-order valence-corrected chi connectivity index (χ2v) is 5.62. The Labute approximate surface area is 104 Å². The third kappa shape index (κ3) is 6.19. The van der Waals surface area contributed by atoms with Gasteiger partial charge in [0.15, 0.2) is 5.17 Å². The smallest absolute Gasteiger partial charge is 0.362 e. The molecule has 0 radical (unpaired) electrons. The van der Waals surface area contributed by atoms with Crippen LogP contribution >= 0.6 is 11.8 Å². The Hall–Kier alpha value is -0.390. The van der Waals surface area contributed by atoms with Gasteiger partial charge in [0.1, 0.15) is 0 Å². The summed E-state index contributed by atoms with van der Waals surface area (Å²) in [6.45, 7) is 4.52. The maximum absolute atomic E-state index is 11.9. The monoisotopic (exact) mass is 268 g/mol. The molecule has 0 aromatic heterocycles. The number of hydrogen-bond acceptors (Lipinski definition) is 2. The third-order valence-corrected chi connectivity index (χ3v) is 3.62. The lowest BCUT2D eigenvalue weighted by atomic mass is 10.0. The molecule has 0 aromatic carbocycles. The number of aliphatic imine (C=N–C) groups is 1. The van der Waals surface area contributed by atoms with Gasteiger partial charge in [-0.3, -0.25) is 4.99 Å². The summed E-state index contributed by atoms with van der Waals surface area (Å²) in [4.78, 5) is 4.19. The summed E-state index contributed by atoms with van der Waals surface area (Å²) in [7, 11) is 0. The van der Waals surface area contributed by atoms with Crippen LogP contribution in [0.25, 0.3) is 0 Å². The van der Waals surface area contributed by atoms with E-state index in [9.17, 15) is 13.2 Å². The average Bonchev–Trinajstić information content (AvgIpc) is 2.23. The highest BCUT2D eigenvalue weighted by molar-refractivity contribution is 8.13. The number of hydrogen-bond donors (Lipinski definition) is 1. The van der Waals surface area contributed by atoms with Crippen LogP contribution < -0.4 is 5.32 Å². The maximum Gasteiger partial charge on any atom is 0.389 e. The molecule has 100 valence electrons. The summed E-state index contributed by atoms with van der Waals surface area (Å²) in [5.74, 6) is 1.52. The summed E-state index contributed by atoms with van der Waals surface area (Å²) < 4.78 is 35.8. The van der Waals surface area contributed by atoms with Crippen molar-refractivity contribution in [3.8, 4) is 0 Å². The van der Waals surface area contributed by atoms with Crippen molar-refractivity contribution in [2.24, 2.45) is 10.9 Å². The van der Waals surface area contributed by atoms with E-state index in [1.54, 1.807) is 11.8 Å². The van der Waals surface area contributed by atoms with Crippen LogP contribution in [0.5, 0.6) is 0 Å². The number of amidine groups is 1. The number of nitrogens with one attached hydrogen (secondary N) is 1. The molecule has 0 amide bonds. The van der Waals surface area contributed by atoms with Gasteiger partial charge in [0.25, 0.3) is 0 Å². The minimum absolute atomic E-state index is 0.0710. The van der Waals surface area contributed by atoms with E-state index >= 15 is 0 Å².